The minimum atomic E-state index is -0.380. The second-order valence-electron chi connectivity index (χ2n) is 7.49. The Morgan fingerprint density at radius 3 is 2.74 bits per heavy atom. The largest absolute Gasteiger partial charge is 0.370 e. The number of guanidine groups is 1. The maximum atomic E-state index is 11.9. The maximum Gasteiger partial charge on any atom is 0.225 e. The first-order valence-electron chi connectivity index (χ1n) is 9.23. The van der Waals surface area contributed by atoms with E-state index in [9.17, 15) is 4.79 Å². The van der Waals surface area contributed by atoms with Crippen LogP contribution < -0.4 is 10.6 Å². The predicted molar refractivity (Wildman–Crippen MR) is 117 cm³/mol. The predicted octanol–water partition coefficient (Wildman–Crippen LogP) is 1.54. The number of amides is 1. The molecule has 8 nitrogen and oxygen atoms in total. The molecule has 27 heavy (non-hydrogen) atoms. The molecule has 0 aliphatic carbocycles. The standard InChI is InChI=1S/C18H32N6O2.HI/c1-6-19-17(21-8-7-20-16(25)18(2,3)4)24-9-10-26-15(13-24)14-11-22-23(5)12-14;/h11-12,15H,6-10,13H2,1-5H3,(H,19,21)(H,20,25);1H. The molecule has 1 aromatic heterocycles. The van der Waals surface area contributed by atoms with Crippen LogP contribution in [0.25, 0.3) is 0 Å². The molecule has 1 aliphatic rings. The van der Waals surface area contributed by atoms with Crippen molar-refractivity contribution in [1.82, 2.24) is 25.3 Å². The second kappa shape index (κ2) is 10.8. The van der Waals surface area contributed by atoms with Crippen LogP contribution in [0.4, 0.5) is 0 Å². The van der Waals surface area contributed by atoms with Gasteiger partial charge in [-0.3, -0.25) is 14.5 Å². The normalized spacial score (nSPS) is 18.0. The van der Waals surface area contributed by atoms with E-state index >= 15 is 0 Å². The molecule has 0 aromatic carbocycles. The van der Waals surface area contributed by atoms with Crippen LogP contribution in [0.1, 0.15) is 39.4 Å². The van der Waals surface area contributed by atoms with Crippen LogP contribution in [0.15, 0.2) is 17.4 Å². The minimum absolute atomic E-state index is 0. The zero-order valence-electron chi connectivity index (χ0n) is 17.0. The number of rotatable bonds is 5. The Hall–Kier alpha value is -1.36. The molecule has 0 radical (unpaired) electrons. The smallest absolute Gasteiger partial charge is 0.225 e. The van der Waals surface area contributed by atoms with E-state index in [-0.39, 0.29) is 41.4 Å². The number of aromatic nitrogens is 2. The number of halogens is 1. The van der Waals surface area contributed by atoms with Crippen molar-refractivity contribution in [2.75, 3.05) is 39.3 Å². The SMILES string of the molecule is CCNC(=NCCNC(=O)C(C)(C)C)N1CCOC(c2cnn(C)c2)C1.I. The highest BCUT2D eigenvalue weighted by molar-refractivity contribution is 14.0. The number of ether oxygens (including phenoxy) is 1. The fourth-order valence-electron chi connectivity index (χ4n) is 2.67. The highest BCUT2D eigenvalue weighted by Gasteiger charge is 2.25. The minimum Gasteiger partial charge on any atom is -0.370 e. The van der Waals surface area contributed by atoms with Gasteiger partial charge in [0.05, 0.1) is 25.9 Å². The topological polar surface area (TPSA) is 83.8 Å². The molecule has 1 amide bonds. The summed E-state index contributed by atoms with van der Waals surface area (Å²) in [7, 11) is 1.90. The van der Waals surface area contributed by atoms with Gasteiger partial charge in [0, 0.05) is 43.9 Å². The summed E-state index contributed by atoms with van der Waals surface area (Å²) >= 11 is 0. The number of hydrogen-bond acceptors (Lipinski definition) is 4. The zero-order chi connectivity index (χ0) is 19.2. The quantitative estimate of drug-likeness (QED) is 0.282. The molecule has 0 bridgehead atoms. The Balaban J connectivity index is 0.00000364. The van der Waals surface area contributed by atoms with E-state index in [1.165, 1.54) is 0 Å². The van der Waals surface area contributed by atoms with Crippen LogP contribution in [0.3, 0.4) is 0 Å². The summed E-state index contributed by atoms with van der Waals surface area (Å²) in [5.74, 6) is 0.899. The Bertz CT molecular complexity index is 626. The third-order valence-electron chi connectivity index (χ3n) is 4.14. The molecule has 1 atom stereocenters. The summed E-state index contributed by atoms with van der Waals surface area (Å²) in [6.07, 6.45) is 3.82. The van der Waals surface area contributed by atoms with Gasteiger partial charge in [0.25, 0.3) is 0 Å². The van der Waals surface area contributed by atoms with Crippen molar-refractivity contribution in [2.45, 2.75) is 33.8 Å². The Kier molecular flexibility index (Phi) is 9.51. The van der Waals surface area contributed by atoms with E-state index in [0.717, 1.165) is 31.2 Å². The van der Waals surface area contributed by atoms with Crippen LogP contribution in [0.2, 0.25) is 0 Å². The molecular weight excluding hydrogens is 459 g/mol. The average Bonchev–Trinajstić information content (AvgIpc) is 3.03. The first-order valence-corrected chi connectivity index (χ1v) is 9.23. The molecular formula is C18H33IN6O2. The molecule has 1 saturated heterocycles. The third kappa shape index (κ3) is 7.28. The van der Waals surface area contributed by atoms with Crippen molar-refractivity contribution in [1.29, 1.82) is 0 Å². The lowest BCUT2D eigenvalue weighted by Gasteiger charge is -2.34. The van der Waals surface area contributed by atoms with E-state index in [4.69, 9.17) is 4.74 Å². The molecule has 9 heteroatoms. The van der Waals surface area contributed by atoms with Gasteiger partial charge in [-0.15, -0.1) is 24.0 Å². The van der Waals surface area contributed by atoms with E-state index in [1.54, 1.807) is 4.68 Å². The van der Waals surface area contributed by atoms with E-state index in [0.29, 0.717) is 19.7 Å². The molecule has 1 fully saturated rings. The summed E-state index contributed by atoms with van der Waals surface area (Å²) in [4.78, 5) is 18.8. The van der Waals surface area contributed by atoms with Gasteiger partial charge in [0.1, 0.15) is 6.10 Å². The Labute approximate surface area is 179 Å². The highest BCUT2D eigenvalue weighted by Crippen LogP contribution is 2.21. The van der Waals surface area contributed by atoms with Gasteiger partial charge in [-0.2, -0.15) is 5.10 Å². The first kappa shape index (κ1) is 23.7. The van der Waals surface area contributed by atoms with Gasteiger partial charge in [-0.25, -0.2) is 0 Å². The van der Waals surface area contributed by atoms with Crippen molar-refractivity contribution in [3.63, 3.8) is 0 Å². The summed E-state index contributed by atoms with van der Waals surface area (Å²) in [5.41, 5.74) is 0.695. The number of hydrogen-bond donors (Lipinski definition) is 2. The number of nitrogens with zero attached hydrogens (tertiary/aromatic N) is 4. The van der Waals surface area contributed by atoms with E-state index in [1.807, 2.05) is 40.2 Å². The van der Waals surface area contributed by atoms with E-state index < -0.39 is 0 Å². The number of aliphatic imine (C=N–C) groups is 1. The van der Waals surface area contributed by atoms with Gasteiger partial charge >= 0.3 is 0 Å². The van der Waals surface area contributed by atoms with Crippen LogP contribution in [-0.2, 0) is 16.6 Å². The van der Waals surface area contributed by atoms with Gasteiger partial charge in [0.2, 0.25) is 5.91 Å². The Morgan fingerprint density at radius 2 is 2.15 bits per heavy atom. The van der Waals surface area contributed by atoms with Crippen molar-refractivity contribution in [3.8, 4) is 0 Å². The molecule has 2 heterocycles. The molecule has 2 N–H and O–H groups in total. The molecule has 0 spiro atoms. The maximum absolute atomic E-state index is 11.9. The van der Waals surface area contributed by atoms with Crippen molar-refractivity contribution in [3.05, 3.63) is 18.0 Å². The molecule has 1 unspecified atom stereocenters. The van der Waals surface area contributed by atoms with Gasteiger partial charge in [-0.05, 0) is 6.92 Å². The van der Waals surface area contributed by atoms with E-state index in [2.05, 4.69) is 32.5 Å². The number of nitrogens with one attached hydrogen (secondary N) is 2. The molecule has 2 rings (SSSR count). The lowest BCUT2D eigenvalue weighted by Crippen LogP contribution is -2.48. The van der Waals surface area contributed by atoms with Gasteiger partial charge < -0.3 is 20.3 Å². The van der Waals surface area contributed by atoms with Crippen LogP contribution >= 0.6 is 24.0 Å². The summed E-state index contributed by atoms with van der Waals surface area (Å²) in [5, 5.41) is 10.5. The highest BCUT2D eigenvalue weighted by atomic mass is 127. The second-order valence-corrected chi connectivity index (χ2v) is 7.49. The van der Waals surface area contributed by atoms with Crippen molar-refractivity contribution >= 4 is 35.8 Å². The average molecular weight is 492 g/mol. The van der Waals surface area contributed by atoms with Gasteiger partial charge in [0.15, 0.2) is 5.96 Å². The molecule has 154 valence electrons. The Morgan fingerprint density at radius 1 is 1.41 bits per heavy atom. The number of aryl methyl sites for hydroxylation is 1. The summed E-state index contributed by atoms with van der Waals surface area (Å²) in [6, 6.07) is 0. The lowest BCUT2D eigenvalue weighted by molar-refractivity contribution is -0.128. The zero-order valence-corrected chi connectivity index (χ0v) is 19.3. The van der Waals surface area contributed by atoms with Crippen molar-refractivity contribution in [2.24, 2.45) is 17.5 Å². The van der Waals surface area contributed by atoms with Crippen LogP contribution in [-0.4, -0.2) is 65.9 Å². The molecule has 1 aromatic rings. The van der Waals surface area contributed by atoms with Gasteiger partial charge in [-0.1, -0.05) is 20.8 Å². The number of carbonyl (C=O) groups excluding carboxylic acids is 1. The van der Waals surface area contributed by atoms with Crippen LogP contribution in [0.5, 0.6) is 0 Å². The molecule has 0 saturated carbocycles. The fraction of sp³-hybridized carbons (Fsp3) is 0.722. The number of morpholine rings is 1. The fourth-order valence-corrected chi connectivity index (χ4v) is 2.67. The third-order valence-corrected chi connectivity index (χ3v) is 4.14. The summed E-state index contributed by atoms with van der Waals surface area (Å²) < 4.78 is 7.68. The van der Waals surface area contributed by atoms with Crippen LogP contribution in [0, 0.1) is 5.41 Å². The summed E-state index contributed by atoms with van der Waals surface area (Å²) in [6.45, 7) is 11.8. The molecule has 1 aliphatic heterocycles. The first-order chi connectivity index (χ1) is 12.3. The lowest BCUT2D eigenvalue weighted by atomic mass is 9.96. The number of carbonyl (C=O) groups is 1. The van der Waals surface area contributed by atoms with Crippen molar-refractivity contribution < 1.29 is 9.53 Å². The monoisotopic (exact) mass is 492 g/mol.